The average Bonchev–Trinajstić information content (AvgIpc) is 2.79. The number of allylic oxidation sites excluding steroid dienone is 1. The maximum atomic E-state index is 13.0. The largest absolute Gasteiger partial charge is 0.497 e. The molecule has 0 fully saturated rings. The molecule has 166 valence electrons. The van der Waals surface area contributed by atoms with E-state index >= 15 is 0 Å². The molecule has 0 aliphatic rings. The van der Waals surface area contributed by atoms with Crippen molar-refractivity contribution in [2.24, 2.45) is 0 Å². The third kappa shape index (κ3) is 6.74. The second-order valence-electron chi connectivity index (χ2n) is 8.60. The van der Waals surface area contributed by atoms with Gasteiger partial charge < -0.3 is 9.47 Å². The molecule has 0 N–H and O–H groups in total. The minimum absolute atomic E-state index is 0.0989. The number of hydrogen-bond acceptors (Lipinski definition) is 3. The SMILES string of the molecule is COc1ccc(N(/C=C\[C@@H](Cc2ccccc2)c2ccccc2)C(=O)OC(C)(C)C)cc1. The first-order chi connectivity index (χ1) is 15.4. The molecule has 0 spiro atoms. The van der Waals surface area contributed by atoms with E-state index in [1.807, 2.05) is 87.6 Å². The number of ether oxygens (including phenoxy) is 2. The highest BCUT2D eigenvalue weighted by Crippen LogP contribution is 2.26. The summed E-state index contributed by atoms with van der Waals surface area (Å²) in [6.45, 7) is 5.59. The van der Waals surface area contributed by atoms with Crippen molar-refractivity contribution in [1.29, 1.82) is 0 Å². The van der Waals surface area contributed by atoms with Gasteiger partial charge in [-0.05, 0) is 62.6 Å². The molecule has 0 aromatic heterocycles. The Morgan fingerprint density at radius 1 is 0.906 bits per heavy atom. The van der Waals surface area contributed by atoms with E-state index in [0.717, 1.165) is 12.2 Å². The van der Waals surface area contributed by atoms with Gasteiger partial charge in [0, 0.05) is 12.1 Å². The monoisotopic (exact) mass is 429 g/mol. The Morgan fingerprint density at radius 3 is 2.06 bits per heavy atom. The van der Waals surface area contributed by atoms with Crippen LogP contribution in [0.25, 0.3) is 0 Å². The van der Waals surface area contributed by atoms with E-state index in [4.69, 9.17) is 9.47 Å². The van der Waals surface area contributed by atoms with Crippen molar-refractivity contribution in [2.75, 3.05) is 12.0 Å². The van der Waals surface area contributed by atoms with Crippen LogP contribution in [0, 0.1) is 0 Å². The Morgan fingerprint density at radius 2 is 1.50 bits per heavy atom. The van der Waals surface area contributed by atoms with Gasteiger partial charge >= 0.3 is 6.09 Å². The Hall–Kier alpha value is -3.53. The first kappa shape index (κ1) is 23.1. The van der Waals surface area contributed by atoms with Crippen LogP contribution in [0.1, 0.15) is 37.8 Å². The maximum Gasteiger partial charge on any atom is 0.418 e. The van der Waals surface area contributed by atoms with Crippen molar-refractivity contribution in [3.8, 4) is 5.75 Å². The molecule has 3 aromatic carbocycles. The lowest BCUT2D eigenvalue weighted by molar-refractivity contribution is 0.0596. The van der Waals surface area contributed by atoms with E-state index < -0.39 is 11.7 Å². The average molecular weight is 430 g/mol. The van der Waals surface area contributed by atoms with Gasteiger partial charge in [-0.1, -0.05) is 66.7 Å². The minimum atomic E-state index is -0.599. The zero-order chi connectivity index (χ0) is 23.0. The van der Waals surface area contributed by atoms with Gasteiger partial charge in [0.2, 0.25) is 0 Å². The van der Waals surface area contributed by atoms with Crippen LogP contribution in [0.5, 0.6) is 5.75 Å². The van der Waals surface area contributed by atoms with E-state index in [-0.39, 0.29) is 5.92 Å². The Kier molecular flexibility index (Phi) is 7.72. The van der Waals surface area contributed by atoms with Gasteiger partial charge in [0.1, 0.15) is 11.4 Å². The van der Waals surface area contributed by atoms with Crippen molar-refractivity contribution >= 4 is 11.8 Å². The number of carbonyl (C=O) groups is 1. The highest BCUT2D eigenvalue weighted by Gasteiger charge is 2.22. The third-order valence-electron chi connectivity index (χ3n) is 4.93. The fraction of sp³-hybridized carbons (Fsp3) is 0.250. The van der Waals surface area contributed by atoms with Crippen LogP contribution in [0.2, 0.25) is 0 Å². The van der Waals surface area contributed by atoms with Crippen molar-refractivity contribution in [1.82, 2.24) is 0 Å². The van der Waals surface area contributed by atoms with E-state index in [2.05, 4.69) is 30.3 Å². The van der Waals surface area contributed by atoms with E-state index in [0.29, 0.717) is 5.69 Å². The van der Waals surface area contributed by atoms with Crippen molar-refractivity contribution in [3.63, 3.8) is 0 Å². The molecule has 0 saturated carbocycles. The maximum absolute atomic E-state index is 13.0. The lowest BCUT2D eigenvalue weighted by atomic mass is 9.92. The smallest absolute Gasteiger partial charge is 0.418 e. The molecule has 1 atom stereocenters. The van der Waals surface area contributed by atoms with Gasteiger partial charge in [-0.2, -0.15) is 0 Å². The molecular formula is C28H31NO3. The van der Waals surface area contributed by atoms with E-state index in [1.54, 1.807) is 12.0 Å². The standard InChI is InChI=1S/C28H31NO3/c1-28(2,3)32-27(30)29(25-15-17-26(31-4)18-16-25)20-19-24(23-13-9-6-10-14-23)21-22-11-7-5-8-12-22/h5-20,24H,21H2,1-4H3/b20-19-/t24-/m0/s1. The first-order valence-corrected chi connectivity index (χ1v) is 10.8. The molecular weight excluding hydrogens is 398 g/mol. The molecule has 0 saturated heterocycles. The molecule has 0 aliphatic heterocycles. The second kappa shape index (κ2) is 10.7. The van der Waals surface area contributed by atoms with E-state index in [1.165, 1.54) is 11.1 Å². The Labute approximate surface area is 191 Å². The fourth-order valence-corrected chi connectivity index (χ4v) is 3.36. The number of hydrogen-bond donors (Lipinski definition) is 0. The quantitative estimate of drug-likeness (QED) is 0.407. The highest BCUT2D eigenvalue weighted by atomic mass is 16.6. The summed E-state index contributed by atoms with van der Waals surface area (Å²) in [5, 5.41) is 0. The number of methoxy groups -OCH3 is 1. The molecule has 0 radical (unpaired) electrons. The summed E-state index contributed by atoms with van der Waals surface area (Å²) in [5.41, 5.74) is 2.53. The first-order valence-electron chi connectivity index (χ1n) is 10.8. The van der Waals surface area contributed by atoms with Crippen molar-refractivity contribution in [2.45, 2.75) is 38.7 Å². The summed E-state index contributed by atoms with van der Waals surface area (Å²) in [6.07, 6.45) is 4.28. The van der Waals surface area contributed by atoms with Crippen molar-refractivity contribution < 1.29 is 14.3 Å². The normalized spacial score (nSPS) is 12.4. The summed E-state index contributed by atoms with van der Waals surface area (Å²) in [6, 6.07) is 28.0. The Bertz CT molecular complexity index is 1010. The van der Waals surface area contributed by atoms with Crippen molar-refractivity contribution in [3.05, 3.63) is 108 Å². The number of amides is 1. The van der Waals surface area contributed by atoms with Crippen LogP contribution in [-0.4, -0.2) is 18.8 Å². The minimum Gasteiger partial charge on any atom is -0.497 e. The third-order valence-corrected chi connectivity index (χ3v) is 4.93. The number of benzene rings is 3. The van der Waals surface area contributed by atoms with Crippen LogP contribution < -0.4 is 9.64 Å². The van der Waals surface area contributed by atoms with Gasteiger partial charge in [0.05, 0.1) is 12.8 Å². The van der Waals surface area contributed by atoms with Gasteiger partial charge in [-0.15, -0.1) is 0 Å². The van der Waals surface area contributed by atoms with Gasteiger partial charge in [-0.25, -0.2) is 4.79 Å². The predicted octanol–water partition coefficient (Wildman–Crippen LogP) is 6.98. The summed E-state index contributed by atoms with van der Waals surface area (Å²) in [7, 11) is 1.62. The lowest BCUT2D eigenvalue weighted by Gasteiger charge is -2.26. The number of rotatable bonds is 7. The van der Waals surface area contributed by atoms with Crippen LogP contribution >= 0.6 is 0 Å². The number of anilines is 1. The Balaban J connectivity index is 1.94. The highest BCUT2D eigenvalue weighted by molar-refractivity contribution is 5.90. The fourth-order valence-electron chi connectivity index (χ4n) is 3.36. The van der Waals surface area contributed by atoms with Gasteiger partial charge in [0.15, 0.2) is 0 Å². The molecule has 0 heterocycles. The number of nitrogens with zero attached hydrogens (tertiary/aromatic N) is 1. The number of carbonyl (C=O) groups excluding carboxylic acids is 1. The summed E-state index contributed by atoms with van der Waals surface area (Å²) >= 11 is 0. The molecule has 3 aromatic rings. The van der Waals surface area contributed by atoms with Crippen LogP contribution in [0.15, 0.2) is 97.2 Å². The van der Waals surface area contributed by atoms with Gasteiger partial charge in [0.25, 0.3) is 0 Å². The second-order valence-corrected chi connectivity index (χ2v) is 8.60. The van der Waals surface area contributed by atoms with E-state index in [9.17, 15) is 4.79 Å². The summed E-state index contributed by atoms with van der Waals surface area (Å²) < 4.78 is 10.9. The molecule has 0 bridgehead atoms. The molecule has 4 nitrogen and oxygen atoms in total. The predicted molar refractivity (Wildman–Crippen MR) is 130 cm³/mol. The van der Waals surface area contributed by atoms with Crippen LogP contribution in [-0.2, 0) is 11.2 Å². The molecule has 4 heteroatoms. The molecule has 0 aliphatic carbocycles. The summed E-state index contributed by atoms with van der Waals surface area (Å²) in [4.78, 5) is 14.6. The van der Waals surface area contributed by atoms with Gasteiger partial charge in [-0.3, -0.25) is 4.90 Å². The topological polar surface area (TPSA) is 38.8 Å². The van der Waals surface area contributed by atoms with Crippen LogP contribution in [0.3, 0.4) is 0 Å². The zero-order valence-electron chi connectivity index (χ0n) is 19.2. The molecule has 3 rings (SSSR count). The molecule has 0 unspecified atom stereocenters. The molecule has 32 heavy (non-hydrogen) atoms. The molecule has 1 amide bonds. The lowest BCUT2D eigenvalue weighted by Crippen LogP contribution is -2.33. The van der Waals surface area contributed by atoms with Crippen LogP contribution in [0.4, 0.5) is 10.5 Å². The summed E-state index contributed by atoms with van der Waals surface area (Å²) in [5.74, 6) is 0.829. The zero-order valence-corrected chi connectivity index (χ0v) is 19.2.